The van der Waals surface area contributed by atoms with Gasteiger partial charge in [0.1, 0.15) is 18.8 Å². The lowest BCUT2D eigenvalue weighted by Gasteiger charge is -2.09. The largest absolute Gasteiger partial charge is 0.480 e. The van der Waals surface area contributed by atoms with Gasteiger partial charge < -0.3 is 20.7 Å². The van der Waals surface area contributed by atoms with Crippen LogP contribution in [0.25, 0.3) is 10.9 Å². The van der Waals surface area contributed by atoms with Crippen LogP contribution in [0.5, 0.6) is 0 Å². The van der Waals surface area contributed by atoms with Crippen LogP contribution in [0.1, 0.15) is 10.5 Å². The number of carbonyl (C=O) groups is 3. The molecule has 2 amide bonds. The van der Waals surface area contributed by atoms with E-state index >= 15 is 0 Å². The molecule has 21 heavy (non-hydrogen) atoms. The SMILES string of the molecule is NC(=O)c1cc2ccc(Br)cc2n1CC(=O)NCC(=O)O. The predicted molar refractivity (Wildman–Crippen MR) is 78.8 cm³/mol. The van der Waals surface area contributed by atoms with E-state index in [4.69, 9.17) is 10.8 Å². The van der Waals surface area contributed by atoms with Gasteiger partial charge in [-0.1, -0.05) is 22.0 Å². The van der Waals surface area contributed by atoms with Gasteiger partial charge in [-0.2, -0.15) is 0 Å². The zero-order valence-corrected chi connectivity index (χ0v) is 12.4. The van der Waals surface area contributed by atoms with Gasteiger partial charge in [-0.05, 0) is 18.2 Å². The van der Waals surface area contributed by atoms with Crippen molar-refractivity contribution in [2.45, 2.75) is 6.54 Å². The molecule has 8 heteroatoms. The summed E-state index contributed by atoms with van der Waals surface area (Å²) in [6.07, 6.45) is 0. The number of carboxylic acids is 1. The van der Waals surface area contributed by atoms with Gasteiger partial charge in [0, 0.05) is 9.86 Å². The molecule has 0 fully saturated rings. The van der Waals surface area contributed by atoms with E-state index in [0.29, 0.717) is 5.52 Å². The number of nitrogens with zero attached hydrogens (tertiary/aromatic N) is 1. The van der Waals surface area contributed by atoms with Crippen LogP contribution in [0.4, 0.5) is 0 Å². The fourth-order valence-corrected chi connectivity index (χ4v) is 2.32. The average Bonchev–Trinajstić information content (AvgIpc) is 2.75. The van der Waals surface area contributed by atoms with Crippen LogP contribution in [0, 0.1) is 0 Å². The number of halogens is 1. The van der Waals surface area contributed by atoms with E-state index in [0.717, 1.165) is 9.86 Å². The first kappa shape index (κ1) is 15.0. The molecule has 7 nitrogen and oxygen atoms in total. The summed E-state index contributed by atoms with van der Waals surface area (Å²) in [5.74, 6) is -2.32. The molecule has 1 aromatic carbocycles. The molecule has 0 saturated heterocycles. The van der Waals surface area contributed by atoms with Gasteiger partial charge in [0.2, 0.25) is 5.91 Å². The number of hydrogen-bond donors (Lipinski definition) is 3. The molecule has 110 valence electrons. The highest BCUT2D eigenvalue weighted by Gasteiger charge is 2.16. The quantitative estimate of drug-likeness (QED) is 0.733. The van der Waals surface area contributed by atoms with Crippen LogP contribution in [-0.4, -0.2) is 34.0 Å². The summed E-state index contributed by atoms with van der Waals surface area (Å²) in [5.41, 5.74) is 6.16. The van der Waals surface area contributed by atoms with E-state index in [1.165, 1.54) is 4.57 Å². The molecule has 0 aliphatic rings. The summed E-state index contributed by atoms with van der Waals surface area (Å²) in [5, 5.41) is 11.5. The first-order valence-corrected chi connectivity index (χ1v) is 6.75. The number of aromatic nitrogens is 1. The number of carbonyl (C=O) groups excluding carboxylic acids is 2. The number of amides is 2. The van der Waals surface area contributed by atoms with Crippen molar-refractivity contribution in [1.82, 2.24) is 9.88 Å². The number of nitrogens with one attached hydrogen (secondary N) is 1. The number of primary amides is 1. The van der Waals surface area contributed by atoms with Crippen molar-refractivity contribution in [3.05, 3.63) is 34.4 Å². The van der Waals surface area contributed by atoms with E-state index < -0.39 is 24.3 Å². The van der Waals surface area contributed by atoms with Crippen LogP contribution in [0.15, 0.2) is 28.7 Å². The van der Waals surface area contributed by atoms with Gasteiger partial charge in [-0.15, -0.1) is 0 Å². The smallest absolute Gasteiger partial charge is 0.322 e. The van der Waals surface area contributed by atoms with E-state index in [1.54, 1.807) is 18.2 Å². The number of aliphatic carboxylic acids is 1. The fraction of sp³-hybridized carbons (Fsp3) is 0.154. The number of rotatable bonds is 5. The molecule has 2 rings (SSSR count). The first-order valence-electron chi connectivity index (χ1n) is 5.95. The summed E-state index contributed by atoms with van der Waals surface area (Å²) in [7, 11) is 0. The third kappa shape index (κ3) is 3.40. The minimum Gasteiger partial charge on any atom is -0.480 e. The Kier molecular flexibility index (Phi) is 4.27. The molecule has 0 spiro atoms. The lowest BCUT2D eigenvalue weighted by atomic mass is 10.2. The van der Waals surface area contributed by atoms with E-state index in [9.17, 15) is 14.4 Å². The number of hydrogen-bond acceptors (Lipinski definition) is 3. The molecule has 0 saturated carbocycles. The Morgan fingerprint density at radius 2 is 2.00 bits per heavy atom. The van der Waals surface area contributed by atoms with E-state index in [1.807, 2.05) is 6.07 Å². The van der Waals surface area contributed by atoms with Gasteiger partial charge in [0.25, 0.3) is 5.91 Å². The second-order valence-corrected chi connectivity index (χ2v) is 5.27. The standard InChI is InChI=1S/C13H12BrN3O4/c14-8-2-1-7-3-10(13(15)21)17(9(7)4-8)6-11(18)16-5-12(19)20/h1-4H,5-6H2,(H2,15,21)(H,16,18)(H,19,20). The van der Waals surface area contributed by atoms with Crippen molar-refractivity contribution < 1.29 is 19.5 Å². The first-order chi connectivity index (χ1) is 9.88. The van der Waals surface area contributed by atoms with Gasteiger partial charge in [-0.25, -0.2) is 0 Å². The molecular weight excluding hydrogens is 342 g/mol. The van der Waals surface area contributed by atoms with Crippen molar-refractivity contribution in [3.8, 4) is 0 Å². The number of carboxylic acid groups (broad SMARTS) is 1. The van der Waals surface area contributed by atoms with Gasteiger partial charge in [0.15, 0.2) is 0 Å². The van der Waals surface area contributed by atoms with E-state index in [2.05, 4.69) is 21.2 Å². The summed E-state index contributed by atoms with van der Waals surface area (Å²) in [6, 6.07) is 6.94. The van der Waals surface area contributed by atoms with Crippen LogP contribution in [-0.2, 0) is 16.1 Å². The summed E-state index contributed by atoms with van der Waals surface area (Å²) in [6.45, 7) is -0.668. The van der Waals surface area contributed by atoms with Crippen molar-refractivity contribution in [2.24, 2.45) is 5.73 Å². The van der Waals surface area contributed by atoms with Crippen molar-refractivity contribution >= 4 is 44.6 Å². The zero-order chi connectivity index (χ0) is 15.6. The second-order valence-electron chi connectivity index (χ2n) is 4.35. The molecule has 0 bridgehead atoms. The topological polar surface area (TPSA) is 114 Å². The zero-order valence-electron chi connectivity index (χ0n) is 10.8. The van der Waals surface area contributed by atoms with Crippen LogP contribution in [0.3, 0.4) is 0 Å². The number of fused-ring (bicyclic) bond motifs is 1. The Balaban J connectivity index is 2.38. The summed E-state index contributed by atoms with van der Waals surface area (Å²) < 4.78 is 2.25. The Morgan fingerprint density at radius 1 is 1.29 bits per heavy atom. The number of nitrogens with two attached hydrogens (primary N) is 1. The van der Waals surface area contributed by atoms with Crippen molar-refractivity contribution in [1.29, 1.82) is 0 Å². The lowest BCUT2D eigenvalue weighted by molar-refractivity contribution is -0.138. The van der Waals surface area contributed by atoms with Crippen LogP contribution >= 0.6 is 15.9 Å². The number of benzene rings is 1. The predicted octanol–water partition coefficient (Wildman–Crippen LogP) is 0.704. The molecule has 0 aliphatic heterocycles. The van der Waals surface area contributed by atoms with Gasteiger partial charge in [-0.3, -0.25) is 14.4 Å². The van der Waals surface area contributed by atoms with Crippen molar-refractivity contribution in [3.63, 3.8) is 0 Å². The third-order valence-electron chi connectivity index (χ3n) is 2.86. The molecule has 1 heterocycles. The lowest BCUT2D eigenvalue weighted by Crippen LogP contribution is -2.33. The average molecular weight is 354 g/mol. The molecule has 1 aromatic heterocycles. The normalized spacial score (nSPS) is 10.5. The maximum Gasteiger partial charge on any atom is 0.322 e. The molecule has 2 aromatic rings. The molecule has 0 atom stereocenters. The highest BCUT2D eigenvalue weighted by Crippen LogP contribution is 2.23. The Morgan fingerprint density at radius 3 is 2.62 bits per heavy atom. The molecule has 0 aliphatic carbocycles. The monoisotopic (exact) mass is 353 g/mol. The molecular formula is C13H12BrN3O4. The second kappa shape index (κ2) is 5.96. The van der Waals surface area contributed by atoms with E-state index in [-0.39, 0.29) is 12.2 Å². The highest BCUT2D eigenvalue weighted by molar-refractivity contribution is 9.10. The Labute approximate surface area is 127 Å². The highest BCUT2D eigenvalue weighted by atomic mass is 79.9. The van der Waals surface area contributed by atoms with Crippen molar-refractivity contribution in [2.75, 3.05) is 6.54 Å². The minimum atomic E-state index is -1.14. The maximum absolute atomic E-state index is 11.8. The molecule has 4 N–H and O–H groups in total. The maximum atomic E-state index is 11.8. The van der Waals surface area contributed by atoms with Crippen LogP contribution < -0.4 is 11.1 Å². The third-order valence-corrected chi connectivity index (χ3v) is 3.35. The Hall–Kier alpha value is -2.35. The molecule has 0 unspecified atom stereocenters. The van der Waals surface area contributed by atoms with Gasteiger partial charge in [0.05, 0.1) is 5.52 Å². The van der Waals surface area contributed by atoms with Gasteiger partial charge >= 0.3 is 5.97 Å². The summed E-state index contributed by atoms with van der Waals surface area (Å²) >= 11 is 3.32. The minimum absolute atomic E-state index is 0.188. The summed E-state index contributed by atoms with van der Waals surface area (Å²) in [4.78, 5) is 33.7. The molecule has 0 radical (unpaired) electrons. The Bertz CT molecular complexity index is 738. The van der Waals surface area contributed by atoms with Crippen LogP contribution in [0.2, 0.25) is 0 Å². The fourth-order valence-electron chi connectivity index (χ4n) is 1.98.